The lowest BCUT2D eigenvalue weighted by molar-refractivity contribution is -0.113. The molecule has 0 fully saturated rings. The van der Waals surface area contributed by atoms with Crippen molar-refractivity contribution in [1.29, 1.82) is 0 Å². The van der Waals surface area contributed by atoms with E-state index in [0.29, 0.717) is 22.2 Å². The summed E-state index contributed by atoms with van der Waals surface area (Å²) in [6.45, 7) is 0. The van der Waals surface area contributed by atoms with Crippen molar-refractivity contribution in [2.75, 3.05) is 18.2 Å². The summed E-state index contributed by atoms with van der Waals surface area (Å²) in [6, 6.07) is 9.13. The molecule has 6 nitrogen and oxygen atoms in total. The number of pyridine rings is 1. The van der Waals surface area contributed by atoms with Crippen molar-refractivity contribution in [2.24, 2.45) is 0 Å². The van der Waals surface area contributed by atoms with Crippen molar-refractivity contribution in [3.8, 4) is 5.75 Å². The zero-order valence-corrected chi connectivity index (χ0v) is 14.6. The van der Waals surface area contributed by atoms with Crippen molar-refractivity contribution in [3.63, 3.8) is 0 Å². The minimum absolute atomic E-state index is 0.113. The minimum Gasteiger partial charge on any atom is -0.497 e. The van der Waals surface area contributed by atoms with E-state index in [-0.39, 0.29) is 11.7 Å². The predicted octanol–water partition coefficient (Wildman–Crippen LogP) is 3.46. The van der Waals surface area contributed by atoms with Crippen LogP contribution in [0, 0.1) is 0 Å². The number of thioether (sulfide) groups is 1. The van der Waals surface area contributed by atoms with E-state index in [0.717, 1.165) is 9.99 Å². The van der Waals surface area contributed by atoms with E-state index in [1.165, 1.54) is 11.8 Å². The van der Waals surface area contributed by atoms with Gasteiger partial charge in [-0.2, -0.15) is 0 Å². The van der Waals surface area contributed by atoms with Crippen LogP contribution in [0.25, 0.3) is 11.2 Å². The summed E-state index contributed by atoms with van der Waals surface area (Å²) < 4.78 is 6.00. The maximum atomic E-state index is 12.0. The highest BCUT2D eigenvalue weighted by Crippen LogP contribution is 2.21. The van der Waals surface area contributed by atoms with Gasteiger partial charge in [0.05, 0.1) is 18.4 Å². The number of halogens is 1. The highest BCUT2D eigenvalue weighted by molar-refractivity contribution is 9.10. The molecule has 2 N–H and O–H groups in total. The van der Waals surface area contributed by atoms with Crippen molar-refractivity contribution < 1.29 is 9.53 Å². The van der Waals surface area contributed by atoms with Crippen LogP contribution in [0.5, 0.6) is 5.75 Å². The van der Waals surface area contributed by atoms with E-state index in [1.807, 2.05) is 24.3 Å². The molecule has 8 heteroatoms. The van der Waals surface area contributed by atoms with Gasteiger partial charge in [-0.05, 0) is 34.1 Å². The fourth-order valence-corrected chi connectivity index (χ4v) is 2.96. The Bertz CT molecular complexity index is 852. The zero-order chi connectivity index (χ0) is 16.2. The second kappa shape index (κ2) is 7.01. The number of fused-ring (bicyclic) bond motifs is 1. The molecule has 2 heterocycles. The minimum atomic E-state index is -0.113. The fourth-order valence-electron chi connectivity index (χ4n) is 1.95. The van der Waals surface area contributed by atoms with Gasteiger partial charge >= 0.3 is 0 Å². The highest BCUT2D eigenvalue weighted by atomic mass is 79.9. The van der Waals surface area contributed by atoms with Crippen molar-refractivity contribution >= 4 is 50.5 Å². The van der Waals surface area contributed by atoms with Gasteiger partial charge in [-0.25, -0.2) is 9.97 Å². The summed E-state index contributed by atoms with van der Waals surface area (Å²) in [7, 11) is 1.59. The number of imidazole rings is 1. The first-order chi connectivity index (χ1) is 11.1. The molecule has 0 spiro atoms. The SMILES string of the molecule is COc1cccc(NC(=O)CSc2nc3ncc(Br)cc3[nH]2)c1. The number of ether oxygens (including phenoxy) is 1. The summed E-state index contributed by atoms with van der Waals surface area (Å²) in [5.74, 6) is 0.834. The fraction of sp³-hybridized carbons (Fsp3) is 0.133. The van der Waals surface area contributed by atoms with Crippen LogP contribution in [0.15, 0.2) is 46.2 Å². The number of H-pyrrole nitrogens is 1. The highest BCUT2D eigenvalue weighted by Gasteiger charge is 2.09. The lowest BCUT2D eigenvalue weighted by Crippen LogP contribution is -2.14. The van der Waals surface area contributed by atoms with E-state index in [1.54, 1.807) is 19.4 Å². The van der Waals surface area contributed by atoms with Crippen LogP contribution in [0.1, 0.15) is 0 Å². The Morgan fingerprint density at radius 3 is 3.13 bits per heavy atom. The molecular formula is C15H13BrN4O2S. The predicted molar refractivity (Wildman–Crippen MR) is 93.9 cm³/mol. The van der Waals surface area contributed by atoms with E-state index in [4.69, 9.17) is 4.74 Å². The summed E-state index contributed by atoms with van der Waals surface area (Å²) in [5, 5.41) is 3.48. The lowest BCUT2D eigenvalue weighted by Gasteiger charge is -2.06. The van der Waals surface area contributed by atoms with Gasteiger partial charge in [0, 0.05) is 22.4 Å². The van der Waals surface area contributed by atoms with E-state index >= 15 is 0 Å². The Balaban J connectivity index is 1.61. The van der Waals surface area contributed by atoms with E-state index in [2.05, 4.69) is 36.2 Å². The van der Waals surface area contributed by atoms with Crippen LogP contribution in [0.2, 0.25) is 0 Å². The number of hydrogen-bond acceptors (Lipinski definition) is 5. The van der Waals surface area contributed by atoms with Gasteiger partial charge in [0.25, 0.3) is 0 Å². The summed E-state index contributed by atoms with van der Waals surface area (Å²) in [6.07, 6.45) is 1.69. The quantitative estimate of drug-likeness (QED) is 0.649. The molecule has 0 unspecified atom stereocenters. The number of carbonyl (C=O) groups excluding carboxylic acids is 1. The largest absolute Gasteiger partial charge is 0.497 e. The Kier molecular flexibility index (Phi) is 4.82. The number of rotatable bonds is 5. The third kappa shape index (κ3) is 4.02. The molecule has 0 aliphatic carbocycles. The van der Waals surface area contributed by atoms with Gasteiger partial charge in [-0.3, -0.25) is 4.79 Å². The lowest BCUT2D eigenvalue weighted by atomic mass is 10.3. The Hall–Kier alpha value is -2.06. The average Bonchev–Trinajstić information content (AvgIpc) is 2.95. The first-order valence-electron chi connectivity index (χ1n) is 6.72. The van der Waals surface area contributed by atoms with Crippen molar-refractivity contribution in [3.05, 3.63) is 41.0 Å². The number of nitrogens with one attached hydrogen (secondary N) is 2. The first-order valence-corrected chi connectivity index (χ1v) is 8.50. The number of nitrogens with zero attached hydrogens (tertiary/aromatic N) is 2. The van der Waals surface area contributed by atoms with Crippen LogP contribution in [0.4, 0.5) is 5.69 Å². The number of benzene rings is 1. The Morgan fingerprint density at radius 2 is 2.30 bits per heavy atom. The second-order valence-electron chi connectivity index (χ2n) is 4.64. The van der Waals surface area contributed by atoms with Gasteiger partial charge in [0.15, 0.2) is 10.8 Å². The van der Waals surface area contributed by atoms with Crippen LogP contribution < -0.4 is 10.1 Å². The normalized spacial score (nSPS) is 10.7. The molecule has 1 amide bonds. The molecular weight excluding hydrogens is 380 g/mol. The third-order valence-corrected chi connectivity index (χ3v) is 4.28. The summed E-state index contributed by atoms with van der Waals surface area (Å²) >= 11 is 4.69. The van der Waals surface area contributed by atoms with Crippen LogP contribution in [0.3, 0.4) is 0 Å². The van der Waals surface area contributed by atoms with Gasteiger partial charge in [0.1, 0.15) is 5.75 Å². The number of aromatic nitrogens is 3. The molecule has 0 saturated heterocycles. The van der Waals surface area contributed by atoms with Crippen molar-refractivity contribution in [2.45, 2.75) is 5.16 Å². The first kappa shape index (κ1) is 15.8. The maximum absolute atomic E-state index is 12.0. The second-order valence-corrected chi connectivity index (χ2v) is 6.52. The van der Waals surface area contributed by atoms with Crippen LogP contribution >= 0.6 is 27.7 Å². The molecule has 118 valence electrons. The molecule has 0 radical (unpaired) electrons. The van der Waals surface area contributed by atoms with Gasteiger partial charge < -0.3 is 15.0 Å². The molecule has 0 aliphatic heterocycles. The maximum Gasteiger partial charge on any atom is 0.234 e. The smallest absolute Gasteiger partial charge is 0.234 e. The molecule has 3 aromatic rings. The molecule has 3 rings (SSSR count). The van der Waals surface area contributed by atoms with Crippen LogP contribution in [-0.4, -0.2) is 33.7 Å². The van der Waals surface area contributed by atoms with Gasteiger partial charge in [-0.15, -0.1) is 0 Å². The number of hydrogen-bond donors (Lipinski definition) is 2. The number of methoxy groups -OCH3 is 1. The van der Waals surface area contributed by atoms with Crippen molar-refractivity contribution in [1.82, 2.24) is 15.0 Å². The number of anilines is 1. The Morgan fingerprint density at radius 1 is 1.43 bits per heavy atom. The van der Waals surface area contributed by atoms with E-state index < -0.39 is 0 Å². The molecule has 1 aromatic carbocycles. The summed E-state index contributed by atoms with van der Waals surface area (Å²) in [4.78, 5) is 23.7. The summed E-state index contributed by atoms with van der Waals surface area (Å²) in [5.41, 5.74) is 2.16. The zero-order valence-electron chi connectivity index (χ0n) is 12.2. The average molecular weight is 393 g/mol. The molecule has 2 aromatic heterocycles. The number of amides is 1. The Labute approximate surface area is 145 Å². The van der Waals surface area contributed by atoms with E-state index in [9.17, 15) is 4.79 Å². The molecule has 0 atom stereocenters. The standard InChI is InChI=1S/C15H13BrN4O2S/c1-22-11-4-2-3-10(6-11)18-13(21)8-23-15-19-12-5-9(16)7-17-14(12)20-15/h2-7H,8H2,1H3,(H,18,21)(H,17,19,20). The monoisotopic (exact) mass is 392 g/mol. The van der Waals surface area contributed by atoms with Gasteiger partial charge in [-0.1, -0.05) is 17.8 Å². The van der Waals surface area contributed by atoms with Gasteiger partial charge in [0.2, 0.25) is 5.91 Å². The van der Waals surface area contributed by atoms with Crippen LogP contribution in [-0.2, 0) is 4.79 Å². The number of aromatic amines is 1. The molecule has 0 saturated carbocycles. The topological polar surface area (TPSA) is 79.9 Å². The molecule has 23 heavy (non-hydrogen) atoms. The molecule has 0 aliphatic rings. The molecule has 0 bridgehead atoms. The number of carbonyl (C=O) groups is 1. The third-order valence-electron chi connectivity index (χ3n) is 2.98.